The highest BCUT2D eigenvalue weighted by Gasteiger charge is 2.52. The number of amides is 4. The number of nitrogens with zero attached hydrogens (tertiary/aromatic N) is 1. The van der Waals surface area contributed by atoms with Crippen molar-refractivity contribution in [2.75, 3.05) is 11.9 Å². The number of carbonyl (C=O) groups excluding carboxylic acids is 3. The summed E-state index contributed by atoms with van der Waals surface area (Å²) in [5.41, 5.74) is -0.167. The molecule has 0 atom stereocenters. The molecule has 4 rings (SSSR count). The molecule has 6 nitrogen and oxygen atoms in total. The summed E-state index contributed by atoms with van der Waals surface area (Å²) in [6.07, 6.45) is 3.09. The Morgan fingerprint density at radius 1 is 1.15 bits per heavy atom. The first kappa shape index (κ1) is 17.5. The molecule has 2 N–H and O–H groups in total. The van der Waals surface area contributed by atoms with Crippen LogP contribution in [0.2, 0.25) is 0 Å². The average Bonchev–Trinajstić information content (AvgIpc) is 2.88. The van der Waals surface area contributed by atoms with Crippen LogP contribution in [0.1, 0.15) is 32.6 Å². The standard InChI is InChI=1S/C21H23N3O3/c1-14-8-10-21(11-9-14)19(26)24(20(27)23-21)13-18(25)22-17-7-6-15-4-2-3-5-16(15)12-17/h2-7,12,14H,8-11,13H2,1H3,(H,22,25)(H,23,27). The zero-order valence-electron chi connectivity index (χ0n) is 15.3. The maximum absolute atomic E-state index is 12.8. The van der Waals surface area contributed by atoms with Crippen LogP contribution in [0.3, 0.4) is 0 Å². The van der Waals surface area contributed by atoms with Crippen molar-refractivity contribution < 1.29 is 14.4 Å². The molecule has 1 spiro atoms. The van der Waals surface area contributed by atoms with Gasteiger partial charge in [-0.25, -0.2) is 4.79 Å². The van der Waals surface area contributed by atoms with Gasteiger partial charge in [0.1, 0.15) is 12.1 Å². The Morgan fingerprint density at radius 3 is 2.59 bits per heavy atom. The normalized spacial score (nSPS) is 25.1. The topological polar surface area (TPSA) is 78.5 Å². The Bertz CT molecular complexity index is 916. The molecule has 2 fully saturated rings. The fourth-order valence-electron chi connectivity index (χ4n) is 4.02. The Hall–Kier alpha value is -2.89. The number of carbonyl (C=O) groups is 3. The van der Waals surface area contributed by atoms with Crippen molar-refractivity contribution in [1.82, 2.24) is 10.2 Å². The Balaban J connectivity index is 1.44. The number of hydrogen-bond acceptors (Lipinski definition) is 3. The minimum Gasteiger partial charge on any atom is -0.325 e. The van der Waals surface area contributed by atoms with E-state index in [0.717, 1.165) is 28.5 Å². The highest BCUT2D eigenvalue weighted by Crippen LogP contribution is 2.36. The summed E-state index contributed by atoms with van der Waals surface area (Å²) in [4.78, 5) is 38.6. The molecule has 1 heterocycles. The van der Waals surface area contributed by atoms with E-state index in [1.54, 1.807) is 0 Å². The third kappa shape index (κ3) is 3.27. The fraction of sp³-hybridized carbons (Fsp3) is 0.381. The number of rotatable bonds is 3. The molecule has 0 unspecified atom stereocenters. The lowest BCUT2D eigenvalue weighted by Crippen LogP contribution is -2.49. The third-order valence-electron chi connectivity index (χ3n) is 5.71. The van der Waals surface area contributed by atoms with E-state index in [2.05, 4.69) is 17.6 Å². The molecule has 1 saturated carbocycles. The Labute approximate surface area is 157 Å². The van der Waals surface area contributed by atoms with E-state index in [1.165, 1.54) is 0 Å². The smallest absolute Gasteiger partial charge is 0.325 e. The molecule has 4 amide bonds. The van der Waals surface area contributed by atoms with E-state index in [0.29, 0.717) is 24.4 Å². The zero-order valence-corrected chi connectivity index (χ0v) is 15.3. The van der Waals surface area contributed by atoms with E-state index in [4.69, 9.17) is 0 Å². The number of benzene rings is 2. The molecule has 1 aliphatic carbocycles. The number of hydrogen-bond donors (Lipinski definition) is 2. The minimum absolute atomic E-state index is 0.269. The molecule has 1 aliphatic heterocycles. The monoisotopic (exact) mass is 365 g/mol. The van der Waals surface area contributed by atoms with Gasteiger partial charge < -0.3 is 10.6 Å². The van der Waals surface area contributed by atoms with Crippen LogP contribution >= 0.6 is 0 Å². The molecule has 1 saturated heterocycles. The van der Waals surface area contributed by atoms with Crippen LogP contribution in [-0.2, 0) is 9.59 Å². The van der Waals surface area contributed by atoms with Crippen LogP contribution in [0.5, 0.6) is 0 Å². The van der Waals surface area contributed by atoms with Gasteiger partial charge in [-0.2, -0.15) is 0 Å². The van der Waals surface area contributed by atoms with E-state index >= 15 is 0 Å². The van der Waals surface area contributed by atoms with Crippen molar-refractivity contribution in [3.8, 4) is 0 Å². The van der Waals surface area contributed by atoms with Crippen molar-refractivity contribution in [2.45, 2.75) is 38.1 Å². The maximum Gasteiger partial charge on any atom is 0.325 e. The second-order valence-corrected chi connectivity index (χ2v) is 7.70. The average molecular weight is 365 g/mol. The van der Waals surface area contributed by atoms with Crippen LogP contribution in [0.15, 0.2) is 42.5 Å². The first-order chi connectivity index (χ1) is 13.0. The summed E-state index contributed by atoms with van der Waals surface area (Å²) in [6.45, 7) is 1.89. The van der Waals surface area contributed by atoms with Gasteiger partial charge in [0.2, 0.25) is 5.91 Å². The number of urea groups is 1. The minimum atomic E-state index is -0.813. The van der Waals surface area contributed by atoms with Gasteiger partial charge in [-0.1, -0.05) is 37.3 Å². The predicted octanol–water partition coefficient (Wildman–Crippen LogP) is 3.28. The van der Waals surface area contributed by atoms with Crippen LogP contribution < -0.4 is 10.6 Å². The largest absolute Gasteiger partial charge is 0.325 e. The molecule has 2 aromatic rings. The number of imide groups is 1. The van der Waals surface area contributed by atoms with Gasteiger partial charge >= 0.3 is 6.03 Å². The van der Waals surface area contributed by atoms with Gasteiger partial charge in [0.05, 0.1) is 0 Å². The fourth-order valence-corrected chi connectivity index (χ4v) is 4.02. The summed E-state index contributed by atoms with van der Waals surface area (Å²) in [5, 5.41) is 7.72. The molecule has 2 aliphatic rings. The van der Waals surface area contributed by atoms with E-state index in [9.17, 15) is 14.4 Å². The first-order valence-electron chi connectivity index (χ1n) is 9.40. The molecule has 2 aromatic carbocycles. The molecule has 140 valence electrons. The van der Waals surface area contributed by atoms with Crippen molar-refractivity contribution in [1.29, 1.82) is 0 Å². The van der Waals surface area contributed by atoms with Crippen LogP contribution in [0.4, 0.5) is 10.5 Å². The van der Waals surface area contributed by atoms with E-state index in [-0.39, 0.29) is 18.4 Å². The summed E-state index contributed by atoms with van der Waals surface area (Å²) in [7, 11) is 0. The van der Waals surface area contributed by atoms with Crippen LogP contribution in [-0.4, -0.2) is 34.8 Å². The summed E-state index contributed by atoms with van der Waals surface area (Å²) in [6, 6.07) is 13.0. The number of nitrogens with one attached hydrogen (secondary N) is 2. The lowest BCUT2D eigenvalue weighted by Gasteiger charge is -2.33. The first-order valence-corrected chi connectivity index (χ1v) is 9.40. The van der Waals surface area contributed by atoms with Crippen molar-refractivity contribution in [3.63, 3.8) is 0 Å². The number of fused-ring (bicyclic) bond motifs is 1. The van der Waals surface area contributed by atoms with Gasteiger partial charge in [0.25, 0.3) is 5.91 Å². The van der Waals surface area contributed by atoms with Gasteiger partial charge in [-0.05, 0) is 54.5 Å². The molecular weight excluding hydrogens is 342 g/mol. The zero-order chi connectivity index (χ0) is 19.0. The lowest BCUT2D eigenvalue weighted by molar-refractivity contribution is -0.135. The van der Waals surface area contributed by atoms with Gasteiger partial charge in [-0.3, -0.25) is 14.5 Å². The molecular formula is C21H23N3O3. The Morgan fingerprint density at radius 2 is 1.85 bits per heavy atom. The summed E-state index contributed by atoms with van der Waals surface area (Å²) < 4.78 is 0. The van der Waals surface area contributed by atoms with E-state index < -0.39 is 11.6 Å². The molecule has 0 bridgehead atoms. The summed E-state index contributed by atoms with van der Waals surface area (Å²) in [5.74, 6) is -0.0892. The third-order valence-corrected chi connectivity index (χ3v) is 5.71. The highest BCUT2D eigenvalue weighted by atomic mass is 16.2. The lowest BCUT2D eigenvalue weighted by atomic mass is 9.77. The second kappa shape index (κ2) is 6.68. The highest BCUT2D eigenvalue weighted by molar-refractivity contribution is 6.10. The summed E-state index contributed by atoms with van der Waals surface area (Å²) >= 11 is 0. The second-order valence-electron chi connectivity index (χ2n) is 7.70. The maximum atomic E-state index is 12.8. The SMILES string of the molecule is CC1CCC2(CC1)NC(=O)N(CC(=O)Nc1ccc3ccccc3c1)C2=O. The van der Waals surface area contributed by atoms with E-state index in [1.807, 2.05) is 42.5 Å². The van der Waals surface area contributed by atoms with Crippen molar-refractivity contribution in [2.24, 2.45) is 5.92 Å². The molecule has 27 heavy (non-hydrogen) atoms. The van der Waals surface area contributed by atoms with Crippen molar-refractivity contribution in [3.05, 3.63) is 42.5 Å². The van der Waals surface area contributed by atoms with Crippen LogP contribution in [0, 0.1) is 5.92 Å². The molecule has 0 radical (unpaired) electrons. The van der Waals surface area contributed by atoms with Crippen LogP contribution in [0.25, 0.3) is 10.8 Å². The van der Waals surface area contributed by atoms with Gasteiger partial charge in [-0.15, -0.1) is 0 Å². The number of anilines is 1. The Kier molecular flexibility index (Phi) is 4.34. The van der Waals surface area contributed by atoms with Gasteiger partial charge in [0, 0.05) is 5.69 Å². The van der Waals surface area contributed by atoms with Crippen molar-refractivity contribution >= 4 is 34.3 Å². The molecule has 6 heteroatoms. The molecule has 0 aromatic heterocycles. The van der Waals surface area contributed by atoms with Gasteiger partial charge in [0.15, 0.2) is 0 Å². The quantitative estimate of drug-likeness (QED) is 0.820. The predicted molar refractivity (Wildman–Crippen MR) is 103 cm³/mol.